The molecule has 0 aliphatic rings. The van der Waals surface area contributed by atoms with Crippen molar-refractivity contribution in [3.63, 3.8) is 0 Å². The molecule has 154 valence electrons. The van der Waals surface area contributed by atoms with Crippen LogP contribution in [0.4, 0.5) is 5.69 Å². The maximum Gasteiger partial charge on any atom is 0.224 e. The summed E-state index contributed by atoms with van der Waals surface area (Å²) in [6.07, 6.45) is 2.42. The molecule has 2 aromatic rings. The summed E-state index contributed by atoms with van der Waals surface area (Å²) in [6, 6.07) is 12.2. The van der Waals surface area contributed by atoms with E-state index in [0.717, 1.165) is 43.1 Å². The molecule has 0 saturated carbocycles. The van der Waals surface area contributed by atoms with Crippen LogP contribution in [0.1, 0.15) is 37.1 Å². The van der Waals surface area contributed by atoms with Gasteiger partial charge < -0.3 is 15.5 Å². The van der Waals surface area contributed by atoms with Crippen molar-refractivity contribution in [2.75, 3.05) is 25.5 Å². The number of aliphatic imine (C=N–C) groups is 1. The number of carbonyl (C=O) groups excluding carboxylic acids is 1. The number of rotatable bonds is 9. The van der Waals surface area contributed by atoms with E-state index in [0.29, 0.717) is 13.0 Å². The lowest BCUT2D eigenvalue weighted by atomic mass is 10.2. The topological polar surface area (TPSA) is 56.7 Å². The number of thiophene rings is 1. The van der Waals surface area contributed by atoms with E-state index in [9.17, 15) is 4.79 Å². The number of benzene rings is 1. The molecule has 7 heteroatoms. The summed E-state index contributed by atoms with van der Waals surface area (Å²) in [4.78, 5) is 20.0. The zero-order chi connectivity index (χ0) is 19.5. The highest BCUT2D eigenvalue weighted by atomic mass is 127. The van der Waals surface area contributed by atoms with E-state index in [1.165, 1.54) is 4.88 Å². The molecular formula is C21H31IN4OS. The van der Waals surface area contributed by atoms with Crippen molar-refractivity contribution in [2.45, 2.75) is 39.7 Å². The Labute approximate surface area is 189 Å². The predicted octanol–water partition coefficient (Wildman–Crippen LogP) is 4.74. The summed E-state index contributed by atoms with van der Waals surface area (Å²) in [5.41, 5.74) is 1.95. The maximum atomic E-state index is 11.7. The molecule has 28 heavy (non-hydrogen) atoms. The number of hydrogen-bond acceptors (Lipinski definition) is 3. The molecule has 2 rings (SSSR count). The molecule has 5 nitrogen and oxygen atoms in total. The van der Waals surface area contributed by atoms with Gasteiger partial charge in [-0.2, -0.15) is 0 Å². The lowest BCUT2D eigenvalue weighted by Crippen LogP contribution is -2.39. The molecule has 1 aromatic carbocycles. The normalized spacial score (nSPS) is 10.9. The van der Waals surface area contributed by atoms with Gasteiger partial charge in [0.2, 0.25) is 5.91 Å². The van der Waals surface area contributed by atoms with Gasteiger partial charge in [0.15, 0.2) is 5.96 Å². The molecule has 1 aromatic heterocycles. The number of guanidine groups is 1. The number of amides is 1. The number of nitrogens with zero attached hydrogens (tertiary/aromatic N) is 2. The second-order valence-electron chi connectivity index (χ2n) is 6.42. The van der Waals surface area contributed by atoms with Crippen molar-refractivity contribution in [3.8, 4) is 0 Å². The SMILES string of the molecule is CCCC(=O)Nc1ccc(CN=C(NCC)N(C)CCc2cccs2)cc1.I. The van der Waals surface area contributed by atoms with Gasteiger partial charge in [-0.15, -0.1) is 35.3 Å². The fraction of sp³-hybridized carbons (Fsp3) is 0.429. The summed E-state index contributed by atoms with van der Waals surface area (Å²) < 4.78 is 0. The largest absolute Gasteiger partial charge is 0.357 e. The van der Waals surface area contributed by atoms with Gasteiger partial charge in [0, 0.05) is 37.1 Å². The Hall–Kier alpha value is -1.61. The average Bonchev–Trinajstić information content (AvgIpc) is 3.18. The Morgan fingerprint density at radius 3 is 2.54 bits per heavy atom. The van der Waals surface area contributed by atoms with E-state index in [1.807, 2.05) is 31.2 Å². The van der Waals surface area contributed by atoms with Crippen molar-refractivity contribution >= 4 is 52.9 Å². The van der Waals surface area contributed by atoms with Crippen LogP contribution in [-0.4, -0.2) is 36.9 Å². The minimum Gasteiger partial charge on any atom is -0.357 e. The fourth-order valence-electron chi connectivity index (χ4n) is 2.62. The number of likely N-dealkylation sites (N-methyl/N-ethyl adjacent to an activating group) is 1. The summed E-state index contributed by atoms with van der Waals surface area (Å²) in [5, 5.41) is 8.38. The third-order valence-corrected chi connectivity index (χ3v) is 5.03. The van der Waals surface area contributed by atoms with Gasteiger partial charge in [0.05, 0.1) is 6.54 Å². The molecule has 1 heterocycles. The third-order valence-electron chi connectivity index (χ3n) is 4.10. The van der Waals surface area contributed by atoms with E-state index in [1.54, 1.807) is 11.3 Å². The highest BCUT2D eigenvalue weighted by Crippen LogP contribution is 2.12. The van der Waals surface area contributed by atoms with Crippen LogP contribution in [0.15, 0.2) is 46.8 Å². The first kappa shape index (κ1) is 24.4. The van der Waals surface area contributed by atoms with Crippen LogP contribution >= 0.6 is 35.3 Å². The van der Waals surface area contributed by atoms with Crippen LogP contribution in [0, 0.1) is 0 Å². The highest BCUT2D eigenvalue weighted by molar-refractivity contribution is 14.0. The van der Waals surface area contributed by atoms with E-state index in [-0.39, 0.29) is 29.9 Å². The molecule has 0 spiro atoms. The number of anilines is 1. The molecule has 0 saturated heterocycles. The number of carbonyl (C=O) groups is 1. The standard InChI is InChI=1S/C21H30N4OS.HI/c1-4-7-20(26)24-18-11-9-17(10-12-18)16-23-21(22-5-2)25(3)14-13-19-8-6-15-27-19;/h6,8-12,15H,4-5,7,13-14,16H2,1-3H3,(H,22,23)(H,24,26);1H. The monoisotopic (exact) mass is 514 g/mol. The van der Waals surface area contributed by atoms with Crippen molar-refractivity contribution < 1.29 is 4.79 Å². The number of halogens is 1. The predicted molar refractivity (Wildman–Crippen MR) is 131 cm³/mol. The minimum absolute atomic E-state index is 0. The Morgan fingerprint density at radius 1 is 1.18 bits per heavy atom. The summed E-state index contributed by atoms with van der Waals surface area (Å²) in [6.45, 7) is 6.45. The second kappa shape index (κ2) is 13.5. The smallest absolute Gasteiger partial charge is 0.224 e. The second-order valence-corrected chi connectivity index (χ2v) is 7.45. The Morgan fingerprint density at radius 2 is 1.93 bits per heavy atom. The molecule has 0 aliphatic carbocycles. The zero-order valence-electron chi connectivity index (χ0n) is 16.9. The molecule has 0 radical (unpaired) electrons. The Kier molecular flexibility index (Phi) is 11.8. The van der Waals surface area contributed by atoms with Crippen LogP contribution in [0.25, 0.3) is 0 Å². The highest BCUT2D eigenvalue weighted by Gasteiger charge is 2.06. The van der Waals surface area contributed by atoms with Crippen molar-refractivity contribution in [1.82, 2.24) is 10.2 Å². The fourth-order valence-corrected chi connectivity index (χ4v) is 3.32. The van der Waals surface area contributed by atoms with Crippen LogP contribution in [-0.2, 0) is 17.8 Å². The van der Waals surface area contributed by atoms with Gasteiger partial charge in [-0.25, -0.2) is 4.99 Å². The zero-order valence-corrected chi connectivity index (χ0v) is 20.1. The van der Waals surface area contributed by atoms with Crippen LogP contribution < -0.4 is 10.6 Å². The van der Waals surface area contributed by atoms with Gasteiger partial charge >= 0.3 is 0 Å². The molecule has 0 aliphatic heterocycles. The first-order chi connectivity index (χ1) is 13.1. The van der Waals surface area contributed by atoms with Gasteiger partial charge in [0.1, 0.15) is 0 Å². The quantitative estimate of drug-likeness (QED) is 0.289. The van der Waals surface area contributed by atoms with E-state index >= 15 is 0 Å². The van der Waals surface area contributed by atoms with E-state index in [2.05, 4.69) is 47.0 Å². The van der Waals surface area contributed by atoms with E-state index in [4.69, 9.17) is 4.99 Å². The summed E-state index contributed by atoms with van der Waals surface area (Å²) >= 11 is 1.79. The van der Waals surface area contributed by atoms with Crippen LogP contribution in [0.2, 0.25) is 0 Å². The molecule has 0 atom stereocenters. The van der Waals surface area contributed by atoms with Crippen molar-refractivity contribution in [1.29, 1.82) is 0 Å². The summed E-state index contributed by atoms with van der Waals surface area (Å²) in [7, 11) is 2.07. The molecule has 2 N–H and O–H groups in total. The Bertz CT molecular complexity index is 717. The van der Waals surface area contributed by atoms with Crippen LogP contribution in [0.5, 0.6) is 0 Å². The molecule has 0 fully saturated rings. The lowest BCUT2D eigenvalue weighted by molar-refractivity contribution is -0.116. The summed E-state index contributed by atoms with van der Waals surface area (Å²) in [5.74, 6) is 0.972. The van der Waals surface area contributed by atoms with E-state index < -0.39 is 0 Å². The average molecular weight is 514 g/mol. The van der Waals surface area contributed by atoms with Gasteiger partial charge in [-0.3, -0.25) is 4.79 Å². The molecule has 1 amide bonds. The number of hydrogen-bond donors (Lipinski definition) is 2. The van der Waals surface area contributed by atoms with Gasteiger partial charge in [0.25, 0.3) is 0 Å². The molecule has 0 unspecified atom stereocenters. The van der Waals surface area contributed by atoms with Crippen LogP contribution in [0.3, 0.4) is 0 Å². The first-order valence-corrected chi connectivity index (χ1v) is 10.4. The molecular weight excluding hydrogens is 483 g/mol. The minimum atomic E-state index is 0. The van der Waals surface area contributed by atoms with Crippen molar-refractivity contribution in [3.05, 3.63) is 52.2 Å². The molecule has 0 bridgehead atoms. The van der Waals surface area contributed by atoms with Crippen molar-refractivity contribution in [2.24, 2.45) is 4.99 Å². The van der Waals surface area contributed by atoms with Gasteiger partial charge in [-0.05, 0) is 48.9 Å². The lowest BCUT2D eigenvalue weighted by Gasteiger charge is -2.21. The third kappa shape index (κ3) is 8.60. The Balaban J connectivity index is 0.00000392. The maximum absolute atomic E-state index is 11.7. The number of nitrogens with one attached hydrogen (secondary N) is 2. The van der Waals surface area contributed by atoms with Gasteiger partial charge in [-0.1, -0.05) is 25.1 Å². The first-order valence-electron chi connectivity index (χ1n) is 9.53.